The number of aromatic nitrogens is 6. The monoisotopic (exact) mass is 596 g/mol. The Labute approximate surface area is 234 Å². The summed E-state index contributed by atoms with van der Waals surface area (Å²) >= 11 is 6.14. The molecule has 1 aliphatic carbocycles. The van der Waals surface area contributed by atoms with E-state index in [-0.39, 0.29) is 42.1 Å². The largest absolute Gasteiger partial charge is 0.471 e. The zero-order valence-electron chi connectivity index (χ0n) is 22.5. The summed E-state index contributed by atoms with van der Waals surface area (Å²) in [5, 5.41) is -0.00802. The van der Waals surface area contributed by atoms with Crippen LogP contribution in [0.2, 0.25) is 31.0 Å². The number of nitrogens with zero attached hydrogens (tertiary/aromatic N) is 6. The first-order chi connectivity index (χ1) is 18.8. The number of hydrogen-bond donors (Lipinski definition) is 0. The van der Waals surface area contributed by atoms with E-state index in [1.54, 1.807) is 0 Å². The molecule has 0 atom stereocenters. The van der Waals surface area contributed by atoms with E-state index in [4.69, 9.17) is 21.1 Å². The SMILES string of the molecule is Cc1cc2nc(Cl)nc(OCc3cnc(-c4nc(C(F)(F)F)cn4C4CC4)c(F)c3)c2n1COCC[Si](C)(C)C. The van der Waals surface area contributed by atoms with Crippen molar-refractivity contribution in [1.82, 2.24) is 29.1 Å². The van der Waals surface area contributed by atoms with E-state index in [1.807, 2.05) is 17.6 Å². The molecule has 4 aromatic heterocycles. The predicted octanol–water partition coefficient (Wildman–Crippen LogP) is 7.04. The molecule has 40 heavy (non-hydrogen) atoms. The van der Waals surface area contributed by atoms with Crippen LogP contribution in [0, 0.1) is 12.7 Å². The van der Waals surface area contributed by atoms with Gasteiger partial charge in [0.1, 0.15) is 24.5 Å². The first-order valence-corrected chi connectivity index (χ1v) is 16.9. The number of imidazole rings is 1. The molecule has 8 nitrogen and oxygen atoms in total. The van der Waals surface area contributed by atoms with E-state index in [9.17, 15) is 13.2 Å². The first-order valence-electron chi connectivity index (χ1n) is 12.8. The fourth-order valence-corrected chi connectivity index (χ4v) is 5.16. The fourth-order valence-electron chi connectivity index (χ4n) is 4.24. The van der Waals surface area contributed by atoms with Gasteiger partial charge in [-0.1, -0.05) is 19.6 Å². The summed E-state index contributed by atoms with van der Waals surface area (Å²) in [5.41, 5.74) is 1.07. The quantitative estimate of drug-likeness (QED) is 0.0846. The van der Waals surface area contributed by atoms with Crippen molar-refractivity contribution in [2.24, 2.45) is 0 Å². The molecule has 1 aliphatic rings. The molecular formula is C26H29ClF4N6O2Si. The van der Waals surface area contributed by atoms with Gasteiger partial charge in [-0.05, 0) is 49.5 Å². The lowest BCUT2D eigenvalue weighted by Crippen LogP contribution is -2.22. The highest BCUT2D eigenvalue weighted by atomic mass is 35.5. The van der Waals surface area contributed by atoms with Crippen molar-refractivity contribution in [1.29, 1.82) is 0 Å². The molecule has 0 bridgehead atoms. The highest BCUT2D eigenvalue weighted by Gasteiger charge is 2.38. The third-order valence-electron chi connectivity index (χ3n) is 6.56. The average molecular weight is 597 g/mol. The van der Waals surface area contributed by atoms with Crippen LogP contribution in [0.4, 0.5) is 17.6 Å². The summed E-state index contributed by atoms with van der Waals surface area (Å²) in [4.78, 5) is 16.3. The second-order valence-electron chi connectivity index (χ2n) is 11.1. The van der Waals surface area contributed by atoms with Gasteiger partial charge in [0.2, 0.25) is 11.2 Å². The van der Waals surface area contributed by atoms with E-state index in [2.05, 4.69) is 39.6 Å². The van der Waals surface area contributed by atoms with Crippen LogP contribution in [0.25, 0.3) is 22.6 Å². The Balaban J connectivity index is 1.37. The van der Waals surface area contributed by atoms with Gasteiger partial charge in [-0.3, -0.25) is 0 Å². The van der Waals surface area contributed by atoms with Gasteiger partial charge in [-0.25, -0.2) is 19.3 Å². The van der Waals surface area contributed by atoms with E-state index < -0.39 is 25.8 Å². The van der Waals surface area contributed by atoms with Crippen molar-refractivity contribution in [3.63, 3.8) is 0 Å². The predicted molar refractivity (Wildman–Crippen MR) is 144 cm³/mol. The van der Waals surface area contributed by atoms with Crippen LogP contribution in [-0.2, 0) is 24.3 Å². The molecule has 14 heteroatoms. The summed E-state index contributed by atoms with van der Waals surface area (Å²) in [5.74, 6) is -0.754. The summed E-state index contributed by atoms with van der Waals surface area (Å²) in [6.45, 7) is 9.53. The molecule has 0 spiro atoms. The van der Waals surface area contributed by atoms with E-state index in [0.717, 1.165) is 17.9 Å². The zero-order valence-corrected chi connectivity index (χ0v) is 24.3. The lowest BCUT2D eigenvalue weighted by atomic mass is 10.2. The molecular weight excluding hydrogens is 568 g/mol. The van der Waals surface area contributed by atoms with Crippen molar-refractivity contribution < 1.29 is 27.0 Å². The number of pyridine rings is 1. The molecule has 4 aromatic rings. The van der Waals surface area contributed by atoms with Crippen LogP contribution in [0.3, 0.4) is 0 Å². The molecule has 0 N–H and O–H groups in total. The van der Waals surface area contributed by atoms with Crippen molar-refractivity contribution >= 4 is 30.7 Å². The number of alkyl halides is 3. The normalized spacial score (nSPS) is 14.3. The number of fused-ring (bicyclic) bond motifs is 1. The van der Waals surface area contributed by atoms with Gasteiger partial charge in [0, 0.05) is 44.4 Å². The van der Waals surface area contributed by atoms with Crippen LogP contribution in [0.1, 0.15) is 35.8 Å². The summed E-state index contributed by atoms with van der Waals surface area (Å²) in [6.07, 6.45) is -0.968. The molecule has 1 fully saturated rings. The minimum atomic E-state index is -4.64. The van der Waals surface area contributed by atoms with Gasteiger partial charge in [0.05, 0.1) is 5.52 Å². The van der Waals surface area contributed by atoms with Crippen molar-refractivity contribution in [3.05, 3.63) is 52.6 Å². The van der Waals surface area contributed by atoms with Gasteiger partial charge in [0.25, 0.3) is 0 Å². The number of hydrogen-bond acceptors (Lipinski definition) is 6. The maximum atomic E-state index is 15.2. The Hall–Kier alpha value is -3.03. The number of rotatable bonds is 10. The van der Waals surface area contributed by atoms with Crippen molar-refractivity contribution in [3.8, 4) is 17.4 Å². The molecule has 5 rings (SSSR count). The maximum absolute atomic E-state index is 15.2. The molecule has 0 aromatic carbocycles. The molecule has 214 valence electrons. The van der Waals surface area contributed by atoms with Gasteiger partial charge in [-0.2, -0.15) is 18.2 Å². The van der Waals surface area contributed by atoms with Crippen LogP contribution in [-0.4, -0.2) is 43.8 Å². The second-order valence-corrected chi connectivity index (χ2v) is 17.1. The molecule has 1 saturated carbocycles. The Morgan fingerprint density at radius 2 is 1.88 bits per heavy atom. The van der Waals surface area contributed by atoms with E-state index in [1.165, 1.54) is 16.8 Å². The number of halogens is 5. The highest BCUT2D eigenvalue weighted by Crippen LogP contribution is 2.41. The van der Waals surface area contributed by atoms with Crippen molar-refractivity contribution in [2.45, 2.75) is 71.0 Å². The third-order valence-corrected chi connectivity index (χ3v) is 8.43. The summed E-state index contributed by atoms with van der Waals surface area (Å²) in [6, 6.07) is 3.90. The minimum Gasteiger partial charge on any atom is -0.471 e. The van der Waals surface area contributed by atoms with Crippen LogP contribution in [0.5, 0.6) is 5.88 Å². The molecule has 0 amide bonds. The first kappa shape index (κ1) is 28.5. The zero-order chi connectivity index (χ0) is 28.8. The Kier molecular flexibility index (Phi) is 7.66. The third kappa shape index (κ3) is 6.31. The molecule has 4 heterocycles. The smallest absolute Gasteiger partial charge is 0.434 e. The molecule has 0 unspecified atom stereocenters. The second kappa shape index (κ2) is 10.7. The summed E-state index contributed by atoms with van der Waals surface area (Å²) < 4.78 is 70.1. The Morgan fingerprint density at radius 3 is 2.52 bits per heavy atom. The number of ether oxygens (including phenoxy) is 2. The molecule has 0 radical (unpaired) electrons. The maximum Gasteiger partial charge on any atom is 0.434 e. The van der Waals surface area contributed by atoms with E-state index in [0.29, 0.717) is 36.0 Å². The van der Waals surface area contributed by atoms with Gasteiger partial charge in [0.15, 0.2) is 17.3 Å². The van der Waals surface area contributed by atoms with Crippen LogP contribution in [0.15, 0.2) is 24.5 Å². The fraction of sp³-hybridized carbons (Fsp3) is 0.462. The van der Waals surface area contributed by atoms with Gasteiger partial charge in [-0.15, -0.1) is 0 Å². The average Bonchev–Trinajstić information content (AvgIpc) is 3.51. The Bertz CT molecular complexity index is 1540. The topological polar surface area (TPSA) is 79.9 Å². The summed E-state index contributed by atoms with van der Waals surface area (Å²) in [7, 11) is -1.25. The lowest BCUT2D eigenvalue weighted by molar-refractivity contribution is -0.140. The van der Waals surface area contributed by atoms with Crippen molar-refractivity contribution in [2.75, 3.05) is 6.61 Å². The lowest BCUT2D eigenvalue weighted by Gasteiger charge is -2.17. The van der Waals surface area contributed by atoms with Gasteiger partial charge >= 0.3 is 6.18 Å². The minimum absolute atomic E-state index is 0.00802. The molecule has 0 saturated heterocycles. The number of aryl methyl sites for hydroxylation is 1. The standard InChI is InChI=1S/C26H29ClF4N6O2Si/c1-15-9-19-22(37(15)14-38-7-8-40(2,3)4)24(35-25(27)33-19)39-13-16-10-18(28)21(32-11-16)23-34-20(26(29,30)31)12-36(23)17-5-6-17/h9-12,17H,5-8,13-14H2,1-4H3. The molecule has 0 aliphatic heterocycles. The van der Waals surface area contributed by atoms with Crippen LogP contribution < -0.4 is 4.74 Å². The Morgan fingerprint density at radius 1 is 1.12 bits per heavy atom. The van der Waals surface area contributed by atoms with Gasteiger partial charge < -0.3 is 18.6 Å². The highest BCUT2D eigenvalue weighted by molar-refractivity contribution is 6.76. The van der Waals surface area contributed by atoms with Crippen LogP contribution >= 0.6 is 11.6 Å². The van der Waals surface area contributed by atoms with E-state index >= 15 is 4.39 Å².